The normalized spacial score (nSPS) is 12.6. The first-order valence-corrected chi connectivity index (χ1v) is 7.17. The van der Waals surface area contributed by atoms with Gasteiger partial charge in [-0.15, -0.1) is 10.2 Å². The van der Waals surface area contributed by atoms with Crippen molar-refractivity contribution >= 4 is 19.7 Å². The van der Waals surface area contributed by atoms with Crippen LogP contribution in [-0.2, 0) is 22.0 Å². The van der Waals surface area contributed by atoms with Gasteiger partial charge in [0.05, 0.1) is 6.54 Å². The first kappa shape index (κ1) is 14.3. The molecule has 1 aromatic rings. The van der Waals surface area contributed by atoms with Crippen molar-refractivity contribution in [3.63, 3.8) is 0 Å². The molecule has 98 valence electrons. The lowest BCUT2D eigenvalue weighted by Gasteiger charge is -2.09. The smallest absolute Gasteiger partial charge is 0.295 e. The fourth-order valence-corrected chi connectivity index (χ4v) is 2.26. The summed E-state index contributed by atoms with van der Waals surface area (Å²) in [6.07, 6.45) is -2.35. The molecule has 0 fully saturated rings. The highest BCUT2D eigenvalue weighted by Crippen LogP contribution is 2.17. The lowest BCUT2D eigenvalue weighted by molar-refractivity contribution is 0.121. The van der Waals surface area contributed by atoms with Crippen molar-refractivity contribution in [2.45, 2.75) is 38.4 Å². The lowest BCUT2D eigenvalue weighted by Crippen LogP contribution is -2.15. The third-order valence-electron chi connectivity index (χ3n) is 1.92. The van der Waals surface area contributed by atoms with Gasteiger partial charge in [0, 0.05) is 17.1 Å². The Hall–Kier alpha value is -0.760. The van der Waals surface area contributed by atoms with Gasteiger partial charge in [0.2, 0.25) is 0 Å². The quantitative estimate of drug-likeness (QED) is 0.773. The van der Waals surface area contributed by atoms with Gasteiger partial charge in [0.25, 0.3) is 20.6 Å². The van der Waals surface area contributed by atoms with E-state index in [1.807, 2.05) is 13.8 Å². The van der Waals surface area contributed by atoms with E-state index in [9.17, 15) is 17.2 Å². The number of alkyl halides is 2. The summed E-state index contributed by atoms with van der Waals surface area (Å²) in [7, 11) is 0.935. The molecule has 1 heterocycles. The van der Waals surface area contributed by atoms with E-state index in [0.29, 0.717) is 6.42 Å². The summed E-state index contributed by atoms with van der Waals surface area (Å²) in [4.78, 5) is 0. The number of rotatable bonds is 5. The van der Waals surface area contributed by atoms with Gasteiger partial charge >= 0.3 is 0 Å². The number of halogens is 3. The minimum Gasteiger partial charge on any atom is -0.295 e. The molecule has 0 aliphatic carbocycles. The van der Waals surface area contributed by atoms with Gasteiger partial charge in [-0.05, 0) is 5.92 Å². The van der Waals surface area contributed by atoms with E-state index in [2.05, 4.69) is 10.2 Å². The molecule has 0 amide bonds. The second kappa shape index (κ2) is 5.26. The van der Waals surface area contributed by atoms with Crippen LogP contribution in [-0.4, -0.2) is 29.6 Å². The first-order chi connectivity index (χ1) is 7.71. The molecule has 0 saturated heterocycles. The molecular formula is C8H12ClF2N3O2S. The molecule has 9 heteroatoms. The maximum atomic E-state index is 12.4. The average Bonchev–Trinajstić information content (AvgIpc) is 2.45. The van der Waals surface area contributed by atoms with Gasteiger partial charge in [0.1, 0.15) is 5.82 Å². The molecule has 0 aliphatic heterocycles. The Bertz CT molecular complexity index is 487. The van der Waals surface area contributed by atoms with Crippen molar-refractivity contribution < 1.29 is 17.2 Å². The Morgan fingerprint density at radius 2 is 1.94 bits per heavy atom. The third-order valence-corrected chi connectivity index (χ3v) is 3.08. The summed E-state index contributed by atoms with van der Waals surface area (Å²) in [5.41, 5.74) is 0. The minimum absolute atomic E-state index is 0.140. The highest BCUT2D eigenvalue weighted by Gasteiger charge is 2.24. The Balaban J connectivity index is 3.20. The van der Waals surface area contributed by atoms with Gasteiger partial charge in [-0.25, -0.2) is 17.2 Å². The van der Waals surface area contributed by atoms with Crippen LogP contribution < -0.4 is 0 Å². The second-order valence-corrected chi connectivity index (χ2v) is 6.40. The Morgan fingerprint density at radius 3 is 2.35 bits per heavy atom. The topological polar surface area (TPSA) is 64.8 Å². The highest BCUT2D eigenvalue weighted by molar-refractivity contribution is 8.13. The molecule has 17 heavy (non-hydrogen) atoms. The summed E-state index contributed by atoms with van der Waals surface area (Å²) in [6.45, 7) is 2.93. The summed E-state index contributed by atoms with van der Waals surface area (Å²) >= 11 is 0. The largest absolute Gasteiger partial charge is 0.296 e. The first-order valence-electron chi connectivity index (χ1n) is 4.86. The van der Waals surface area contributed by atoms with Gasteiger partial charge in [-0.2, -0.15) is 0 Å². The Morgan fingerprint density at radius 1 is 1.35 bits per heavy atom. The molecule has 0 saturated carbocycles. The molecule has 5 nitrogen and oxygen atoms in total. The Labute approximate surface area is 102 Å². The van der Waals surface area contributed by atoms with Crippen LogP contribution in [0.3, 0.4) is 0 Å². The van der Waals surface area contributed by atoms with Crippen molar-refractivity contribution in [1.82, 2.24) is 14.8 Å². The molecule has 0 unspecified atom stereocenters. The molecule has 0 spiro atoms. The number of nitrogens with zero attached hydrogens (tertiary/aromatic N) is 3. The maximum Gasteiger partial charge on any atom is 0.296 e. The van der Waals surface area contributed by atoms with Crippen LogP contribution in [0.25, 0.3) is 0 Å². The minimum atomic E-state index is -4.17. The van der Waals surface area contributed by atoms with E-state index < -0.39 is 27.2 Å². The van der Waals surface area contributed by atoms with Crippen molar-refractivity contribution in [2.24, 2.45) is 5.92 Å². The third kappa shape index (κ3) is 3.88. The monoisotopic (exact) mass is 287 g/mol. The lowest BCUT2D eigenvalue weighted by atomic mass is 10.1. The zero-order valence-electron chi connectivity index (χ0n) is 9.27. The van der Waals surface area contributed by atoms with E-state index in [4.69, 9.17) is 10.7 Å². The van der Waals surface area contributed by atoms with Crippen LogP contribution in [0, 0.1) is 5.92 Å². The predicted octanol–water partition coefficient (Wildman–Crippen LogP) is 1.67. The van der Waals surface area contributed by atoms with Gasteiger partial charge < -0.3 is 0 Å². The summed E-state index contributed by atoms with van der Waals surface area (Å²) in [5, 5.41) is 6.32. The van der Waals surface area contributed by atoms with E-state index >= 15 is 0 Å². The van der Waals surface area contributed by atoms with Crippen LogP contribution in [0.5, 0.6) is 0 Å². The molecule has 0 bridgehead atoms. The number of hydrogen-bond donors (Lipinski definition) is 0. The van der Waals surface area contributed by atoms with Gasteiger partial charge in [-0.1, -0.05) is 13.8 Å². The van der Waals surface area contributed by atoms with Crippen molar-refractivity contribution in [3.05, 3.63) is 5.82 Å². The molecule has 0 N–H and O–H groups in total. The van der Waals surface area contributed by atoms with E-state index in [1.165, 1.54) is 0 Å². The van der Waals surface area contributed by atoms with Crippen molar-refractivity contribution in [3.8, 4) is 0 Å². The van der Waals surface area contributed by atoms with Crippen molar-refractivity contribution in [2.75, 3.05) is 0 Å². The average molecular weight is 288 g/mol. The number of hydrogen-bond acceptors (Lipinski definition) is 4. The molecule has 0 atom stereocenters. The zero-order valence-corrected chi connectivity index (χ0v) is 10.8. The molecule has 1 rings (SSSR count). The maximum absolute atomic E-state index is 12.4. The highest BCUT2D eigenvalue weighted by atomic mass is 35.7. The molecule has 1 aromatic heterocycles. The predicted molar refractivity (Wildman–Crippen MR) is 57.6 cm³/mol. The summed E-state index contributed by atoms with van der Waals surface area (Å²) in [6, 6.07) is 0. The second-order valence-electron chi connectivity index (χ2n) is 3.94. The number of aromatic nitrogens is 3. The molecule has 0 aliphatic rings. The summed E-state index contributed by atoms with van der Waals surface area (Å²) in [5.74, 6) is 0.334. The molecule has 0 aromatic carbocycles. The van der Waals surface area contributed by atoms with Crippen molar-refractivity contribution in [1.29, 1.82) is 0 Å². The van der Waals surface area contributed by atoms with Gasteiger partial charge in [0.15, 0.2) is 0 Å². The van der Waals surface area contributed by atoms with Crippen LogP contribution in [0.15, 0.2) is 5.16 Å². The zero-order chi connectivity index (χ0) is 13.2. The van der Waals surface area contributed by atoms with Crippen LogP contribution in [0.1, 0.15) is 19.7 Å². The molecular weight excluding hydrogens is 276 g/mol. The van der Waals surface area contributed by atoms with Crippen LogP contribution in [0.4, 0.5) is 8.78 Å². The molecule has 0 radical (unpaired) electrons. The van der Waals surface area contributed by atoms with Crippen LogP contribution in [0.2, 0.25) is 0 Å². The fraction of sp³-hybridized carbons (Fsp3) is 0.750. The van der Waals surface area contributed by atoms with E-state index in [1.54, 1.807) is 0 Å². The Kier molecular flexibility index (Phi) is 4.42. The van der Waals surface area contributed by atoms with E-state index in [-0.39, 0.29) is 11.7 Å². The standard InChI is InChI=1S/C8H12ClF2N3O2S/c1-5(2)3-7-12-13-8(17(9,15)16)14(7)4-6(10)11/h5-6H,3-4H2,1-2H3. The fourth-order valence-electron chi connectivity index (χ4n) is 1.34. The SMILES string of the molecule is CC(C)Cc1nnc(S(=O)(=O)Cl)n1CC(F)F. The van der Waals surface area contributed by atoms with Gasteiger partial charge in [-0.3, -0.25) is 4.57 Å². The van der Waals surface area contributed by atoms with E-state index in [0.717, 1.165) is 4.57 Å². The summed E-state index contributed by atoms with van der Waals surface area (Å²) < 4.78 is 47.9. The van der Waals surface area contributed by atoms with Crippen LogP contribution >= 0.6 is 10.7 Å².